The third-order valence-corrected chi connectivity index (χ3v) is 5.53. The van der Waals surface area contributed by atoms with Crippen LogP contribution in [-0.2, 0) is 0 Å². The van der Waals surface area contributed by atoms with Gasteiger partial charge in [-0.25, -0.2) is 4.98 Å². The summed E-state index contributed by atoms with van der Waals surface area (Å²) in [6, 6.07) is 17.0. The van der Waals surface area contributed by atoms with Gasteiger partial charge in [0.15, 0.2) is 0 Å². The number of hydrogen-bond acceptors (Lipinski definition) is 2. The fourth-order valence-electron chi connectivity index (χ4n) is 3.96. The summed E-state index contributed by atoms with van der Waals surface area (Å²) in [5, 5.41) is 0. The smallest absolute Gasteiger partial charge is 0.212 e. The number of para-hydroxylation sites is 2. The van der Waals surface area contributed by atoms with Gasteiger partial charge >= 0.3 is 0 Å². The summed E-state index contributed by atoms with van der Waals surface area (Å²) in [5.74, 6) is 0.998. The minimum Gasteiger partial charge on any atom is -0.300 e. The molecular weight excluding hydrogens is 362 g/mol. The number of aromatic nitrogens is 2. The Labute approximate surface area is 149 Å². The number of fused-ring (bicyclic) bond motifs is 5. The van der Waals surface area contributed by atoms with Crippen molar-refractivity contribution >= 4 is 38.6 Å². The number of hydrogen-bond donors (Lipinski definition) is 0. The van der Waals surface area contributed by atoms with Crippen LogP contribution in [0.3, 0.4) is 0 Å². The average molecular weight is 378 g/mol. The first-order valence-electron chi connectivity index (χ1n) is 8.07. The molecular formula is C20H16BrN3. The Morgan fingerprint density at radius 2 is 1.96 bits per heavy atom. The number of anilines is 2. The zero-order chi connectivity index (χ0) is 16.3. The van der Waals surface area contributed by atoms with Crippen molar-refractivity contribution in [1.82, 2.24) is 9.55 Å². The molecule has 0 bridgehead atoms. The van der Waals surface area contributed by atoms with Gasteiger partial charge in [0.1, 0.15) is 0 Å². The van der Waals surface area contributed by atoms with E-state index >= 15 is 0 Å². The third kappa shape index (κ3) is 1.75. The zero-order valence-corrected chi connectivity index (χ0v) is 14.8. The van der Waals surface area contributed by atoms with Crippen LogP contribution in [0, 0.1) is 0 Å². The molecule has 118 valence electrons. The fraction of sp³-hybridized carbons (Fsp3) is 0.150. The lowest BCUT2D eigenvalue weighted by Crippen LogP contribution is -2.42. The van der Waals surface area contributed by atoms with Crippen molar-refractivity contribution < 1.29 is 0 Å². The summed E-state index contributed by atoms with van der Waals surface area (Å²) in [5.41, 5.74) is 3.20. The molecule has 5 rings (SSSR count). The molecule has 2 atom stereocenters. The van der Waals surface area contributed by atoms with E-state index in [2.05, 4.69) is 99.1 Å². The lowest BCUT2D eigenvalue weighted by Gasteiger charge is -2.37. The van der Waals surface area contributed by atoms with E-state index < -0.39 is 0 Å². The molecule has 4 heteroatoms. The van der Waals surface area contributed by atoms with Crippen LogP contribution in [0.1, 0.15) is 13.0 Å². The van der Waals surface area contributed by atoms with Gasteiger partial charge in [0, 0.05) is 10.2 Å². The molecule has 24 heavy (non-hydrogen) atoms. The molecule has 2 aromatic carbocycles. The molecule has 2 unspecified atom stereocenters. The van der Waals surface area contributed by atoms with Gasteiger partial charge in [-0.05, 0) is 37.3 Å². The van der Waals surface area contributed by atoms with Crippen molar-refractivity contribution in [3.05, 3.63) is 77.3 Å². The molecule has 0 fully saturated rings. The summed E-state index contributed by atoms with van der Waals surface area (Å²) in [7, 11) is 0. The molecule has 0 N–H and O–H groups in total. The second-order valence-corrected chi connectivity index (χ2v) is 7.42. The lowest BCUT2D eigenvalue weighted by molar-refractivity contribution is 0.475. The van der Waals surface area contributed by atoms with E-state index in [0.717, 1.165) is 21.6 Å². The average Bonchev–Trinajstić information content (AvgIpc) is 3.05. The van der Waals surface area contributed by atoms with E-state index in [1.807, 2.05) is 6.07 Å². The largest absolute Gasteiger partial charge is 0.300 e. The van der Waals surface area contributed by atoms with Gasteiger partial charge in [0.2, 0.25) is 5.95 Å². The summed E-state index contributed by atoms with van der Waals surface area (Å²) in [4.78, 5) is 7.31. The van der Waals surface area contributed by atoms with E-state index in [4.69, 9.17) is 4.98 Å². The number of allylic oxidation sites excluding steroid dienone is 2. The number of halogens is 1. The van der Waals surface area contributed by atoms with Crippen molar-refractivity contribution in [2.24, 2.45) is 0 Å². The highest BCUT2D eigenvalue weighted by molar-refractivity contribution is 9.10. The van der Waals surface area contributed by atoms with Crippen molar-refractivity contribution in [3.63, 3.8) is 0 Å². The standard InChI is InChI=1S/C20H16BrN3/c1-20-12-5-4-11-18(20)23-17-10-3-2-9-16(17)22-19(23)24(20)15-8-6-7-14(21)13-15/h2-13,18H,1H3. The van der Waals surface area contributed by atoms with Crippen molar-refractivity contribution in [2.45, 2.75) is 18.5 Å². The van der Waals surface area contributed by atoms with Crippen LogP contribution >= 0.6 is 15.9 Å². The summed E-state index contributed by atoms with van der Waals surface area (Å²) < 4.78 is 3.43. The minimum absolute atomic E-state index is 0.165. The minimum atomic E-state index is -0.165. The summed E-state index contributed by atoms with van der Waals surface area (Å²) in [6.07, 6.45) is 8.82. The SMILES string of the molecule is CC12C=CC=CC1n1c(nc3ccccc31)N2c1cccc(Br)c1. The zero-order valence-electron chi connectivity index (χ0n) is 13.2. The molecule has 0 amide bonds. The Kier molecular flexibility index (Phi) is 2.83. The highest BCUT2D eigenvalue weighted by Crippen LogP contribution is 2.51. The maximum atomic E-state index is 4.96. The summed E-state index contributed by atoms with van der Waals surface area (Å²) in [6.45, 7) is 2.28. The number of nitrogens with zero attached hydrogens (tertiary/aromatic N) is 3. The van der Waals surface area contributed by atoms with Gasteiger partial charge in [-0.1, -0.05) is 58.4 Å². The van der Waals surface area contributed by atoms with Crippen LogP contribution in [0.4, 0.5) is 11.6 Å². The molecule has 0 radical (unpaired) electrons. The molecule has 1 aliphatic carbocycles. The van der Waals surface area contributed by atoms with Crippen LogP contribution in [0.15, 0.2) is 77.3 Å². The highest BCUT2D eigenvalue weighted by atomic mass is 79.9. The van der Waals surface area contributed by atoms with E-state index in [1.165, 1.54) is 5.52 Å². The molecule has 0 saturated carbocycles. The first kappa shape index (κ1) is 14.1. The lowest BCUT2D eigenvalue weighted by atomic mass is 9.87. The van der Waals surface area contributed by atoms with Crippen molar-refractivity contribution in [1.29, 1.82) is 0 Å². The maximum Gasteiger partial charge on any atom is 0.212 e. The Balaban J connectivity index is 1.83. The van der Waals surface area contributed by atoms with Gasteiger partial charge in [-0.15, -0.1) is 0 Å². The van der Waals surface area contributed by atoms with Gasteiger partial charge in [-0.3, -0.25) is 0 Å². The highest BCUT2D eigenvalue weighted by Gasteiger charge is 2.48. The molecule has 0 saturated heterocycles. The molecule has 3 aromatic rings. The molecule has 2 aliphatic rings. The van der Waals surface area contributed by atoms with E-state index in [9.17, 15) is 0 Å². The van der Waals surface area contributed by atoms with Crippen LogP contribution < -0.4 is 4.90 Å². The van der Waals surface area contributed by atoms with Crippen molar-refractivity contribution in [2.75, 3.05) is 4.90 Å². The molecule has 3 nitrogen and oxygen atoms in total. The van der Waals surface area contributed by atoms with Gasteiger partial charge in [-0.2, -0.15) is 0 Å². The van der Waals surface area contributed by atoms with Crippen molar-refractivity contribution in [3.8, 4) is 0 Å². The Hall–Kier alpha value is -2.33. The fourth-order valence-corrected chi connectivity index (χ4v) is 4.34. The predicted octanol–water partition coefficient (Wildman–Crippen LogP) is 5.38. The van der Waals surface area contributed by atoms with Gasteiger partial charge in [0.25, 0.3) is 0 Å². The molecule has 2 heterocycles. The number of rotatable bonds is 1. The number of imidazole rings is 1. The van der Waals surface area contributed by atoms with E-state index in [-0.39, 0.29) is 11.6 Å². The molecule has 1 aromatic heterocycles. The van der Waals surface area contributed by atoms with Gasteiger partial charge < -0.3 is 9.47 Å². The van der Waals surface area contributed by atoms with E-state index in [0.29, 0.717) is 0 Å². The van der Waals surface area contributed by atoms with Crippen LogP contribution in [-0.4, -0.2) is 15.1 Å². The monoisotopic (exact) mass is 377 g/mol. The molecule has 0 spiro atoms. The second kappa shape index (κ2) is 4.84. The predicted molar refractivity (Wildman–Crippen MR) is 102 cm³/mol. The normalized spacial score (nSPS) is 24.4. The Bertz CT molecular complexity index is 1020. The quantitative estimate of drug-likeness (QED) is 0.567. The van der Waals surface area contributed by atoms with E-state index in [1.54, 1.807) is 0 Å². The van der Waals surface area contributed by atoms with Crippen LogP contribution in [0.2, 0.25) is 0 Å². The van der Waals surface area contributed by atoms with Crippen LogP contribution in [0.5, 0.6) is 0 Å². The Morgan fingerprint density at radius 1 is 1.08 bits per heavy atom. The summed E-state index contributed by atoms with van der Waals surface area (Å²) >= 11 is 3.60. The van der Waals surface area contributed by atoms with Gasteiger partial charge in [0.05, 0.1) is 22.6 Å². The third-order valence-electron chi connectivity index (χ3n) is 5.04. The maximum absolute atomic E-state index is 4.96. The van der Waals surface area contributed by atoms with Crippen LogP contribution in [0.25, 0.3) is 11.0 Å². The second-order valence-electron chi connectivity index (χ2n) is 6.50. The number of benzene rings is 2. The first-order chi connectivity index (χ1) is 11.7. The first-order valence-corrected chi connectivity index (χ1v) is 8.86. The topological polar surface area (TPSA) is 21.1 Å². The molecule has 1 aliphatic heterocycles. The Morgan fingerprint density at radius 3 is 2.83 bits per heavy atom.